The van der Waals surface area contributed by atoms with E-state index >= 15 is 0 Å². The van der Waals surface area contributed by atoms with Crippen molar-refractivity contribution in [2.24, 2.45) is 4.99 Å². The molecule has 1 N–H and O–H groups in total. The third-order valence-corrected chi connectivity index (χ3v) is 4.97. The number of nitrogens with one attached hydrogen (secondary N) is 1. The van der Waals surface area contributed by atoms with Crippen molar-refractivity contribution in [1.82, 2.24) is 0 Å². The number of nitrogens with zero attached hydrogens (tertiary/aromatic N) is 2. The van der Waals surface area contributed by atoms with Gasteiger partial charge in [0, 0.05) is 22.2 Å². The molecule has 1 heterocycles. The molecule has 1 aliphatic rings. The van der Waals surface area contributed by atoms with Gasteiger partial charge in [0.2, 0.25) is 11.8 Å². The highest BCUT2D eigenvalue weighted by molar-refractivity contribution is 6.32. The summed E-state index contributed by atoms with van der Waals surface area (Å²) in [6.45, 7) is -0.545. The number of benzodiazepines with no additional fused rings is 1. The number of hydrogen-bond donors (Lipinski definition) is 1. The number of anilines is 2. The van der Waals surface area contributed by atoms with Crippen LogP contribution in [0.1, 0.15) is 11.1 Å². The van der Waals surface area contributed by atoms with Crippen LogP contribution in [0.4, 0.5) is 20.2 Å². The van der Waals surface area contributed by atoms with Crippen LogP contribution in [0.25, 0.3) is 0 Å². The molecule has 0 aromatic heterocycles. The maximum Gasteiger partial charge on any atom is 0.249 e. The SMILES string of the molecule is O=C(CN1C(=O)CN=C(c2ccccc2)c2cc(Cl)ccc21)Nc1ccc(F)cc1F. The van der Waals surface area contributed by atoms with Gasteiger partial charge in [0.05, 0.1) is 17.1 Å². The van der Waals surface area contributed by atoms with Gasteiger partial charge in [0.25, 0.3) is 0 Å². The summed E-state index contributed by atoms with van der Waals surface area (Å²) in [4.78, 5) is 31.1. The van der Waals surface area contributed by atoms with E-state index in [-0.39, 0.29) is 18.8 Å². The molecule has 1 aliphatic heterocycles. The largest absolute Gasteiger partial charge is 0.322 e. The molecule has 0 bridgehead atoms. The monoisotopic (exact) mass is 439 g/mol. The fourth-order valence-electron chi connectivity index (χ4n) is 3.33. The maximum absolute atomic E-state index is 13.9. The van der Waals surface area contributed by atoms with Crippen LogP contribution < -0.4 is 10.2 Å². The van der Waals surface area contributed by atoms with E-state index in [2.05, 4.69) is 10.3 Å². The van der Waals surface area contributed by atoms with Crippen molar-refractivity contribution in [1.29, 1.82) is 0 Å². The molecule has 3 aromatic rings. The van der Waals surface area contributed by atoms with E-state index in [1.165, 1.54) is 4.90 Å². The Hall–Kier alpha value is -3.58. The first kappa shape index (κ1) is 20.7. The number of rotatable bonds is 4. The molecule has 31 heavy (non-hydrogen) atoms. The Labute approximate surface area is 182 Å². The molecule has 0 saturated heterocycles. The molecule has 0 radical (unpaired) electrons. The van der Waals surface area contributed by atoms with Crippen molar-refractivity contribution in [3.05, 3.63) is 94.5 Å². The number of amides is 2. The van der Waals surface area contributed by atoms with Gasteiger partial charge in [-0.25, -0.2) is 8.78 Å². The molecule has 3 aromatic carbocycles. The van der Waals surface area contributed by atoms with Crippen LogP contribution in [0.5, 0.6) is 0 Å². The zero-order valence-electron chi connectivity index (χ0n) is 16.1. The summed E-state index contributed by atoms with van der Waals surface area (Å²) in [7, 11) is 0. The second kappa shape index (κ2) is 8.65. The average Bonchev–Trinajstić information content (AvgIpc) is 2.87. The number of benzene rings is 3. The number of carbonyl (C=O) groups is 2. The highest BCUT2D eigenvalue weighted by Crippen LogP contribution is 2.29. The van der Waals surface area contributed by atoms with Gasteiger partial charge in [-0.3, -0.25) is 14.6 Å². The van der Waals surface area contributed by atoms with E-state index in [1.807, 2.05) is 30.3 Å². The molecule has 156 valence electrons. The van der Waals surface area contributed by atoms with Gasteiger partial charge in [-0.15, -0.1) is 0 Å². The van der Waals surface area contributed by atoms with Crippen LogP contribution in [-0.2, 0) is 9.59 Å². The first-order valence-electron chi connectivity index (χ1n) is 9.37. The van der Waals surface area contributed by atoms with Crippen LogP contribution >= 0.6 is 11.6 Å². The van der Waals surface area contributed by atoms with Crippen molar-refractivity contribution in [2.45, 2.75) is 0 Å². The summed E-state index contributed by atoms with van der Waals surface area (Å²) in [6, 6.07) is 17.1. The highest BCUT2D eigenvalue weighted by atomic mass is 35.5. The van der Waals surface area contributed by atoms with E-state index in [9.17, 15) is 18.4 Å². The van der Waals surface area contributed by atoms with Crippen LogP contribution in [-0.4, -0.2) is 30.6 Å². The first-order valence-corrected chi connectivity index (χ1v) is 9.75. The van der Waals surface area contributed by atoms with Crippen LogP contribution in [0, 0.1) is 11.6 Å². The molecule has 0 aliphatic carbocycles. The van der Waals surface area contributed by atoms with Gasteiger partial charge in [0.1, 0.15) is 24.7 Å². The van der Waals surface area contributed by atoms with Gasteiger partial charge in [-0.2, -0.15) is 0 Å². The fraction of sp³-hybridized carbons (Fsp3) is 0.0870. The minimum absolute atomic E-state index is 0.172. The predicted octanol–water partition coefficient (Wildman–Crippen LogP) is 4.44. The summed E-state index contributed by atoms with van der Waals surface area (Å²) in [5.41, 5.74) is 2.28. The van der Waals surface area contributed by atoms with E-state index in [0.717, 1.165) is 17.7 Å². The number of carbonyl (C=O) groups excluding carboxylic acids is 2. The second-order valence-electron chi connectivity index (χ2n) is 6.84. The van der Waals surface area contributed by atoms with Crippen molar-refractivity contribution >= 4 is 40.5 Å². The number of fused-ring (bicyclic) bond motifs is 1. The molecular formula is C23H16ClF2N3O2. The lowest BCUT2D eigenvalue weighted by Crippen LogP contribution is -2.39. The third-order valence-electron chi connectivity index (χ3n) is 4.73. The average molecular weight is 440 g/mol. The standard InChI is InChI=1S/C23H16ClF2N3O2/c24-15-6-9-20-17(10-15)23(14-4-2-1-3-5-14)27-12-22(31)29(20)13-21(30)28-19-8-7-16(25)11-18(19)26/h1-11H,12-13H2,(H,28,30). The minimum atomic E-state index is -0.905. The summed E-state index contributed by atoms with van der Waals surface area (Å²) in [6.07, 6.45) is 0. The molecule has 0 saturated carbocycles. The molecule has 8 heteroatoms. The Balaban J connectivity index is 1.66. The normalized spacial score (nSPS) is 13.3. The van der Waals surface area contributed by atoms with Crippen LogP contribution in [0.2, 0.25) is 5.02 Å². The summed E-state index contributed by atoms with van der Waals surface area (Å²) in [5, 5.41) is 2.83. The quantitative estimate of drug-likeness (QED) is 0.653. The number of hydrogen-bond acceptors (Lipinski definition) is 3. The van der Waals surface area contributed by atoms with Crippen LogP contribution in [0.15, 0.2) is 71.7 Å². The van der Waals surface area contributed by atoms with Crippen LogP contribution in [0.3, 0.4) is 0 Å². The van der Waals surface area contributed by atoms with Gasteiger partial charge in [-0.1, -0.05) is 41.9 Å². The summed E-state index contributed by atoms with van der Waals surface area (Å²) < 4.78 is 27.0. The lowest BCUT2D eigenvalue weighted by atomic mass is 10.00. The van der Waals surface area contributed by atoms with Crippen molar-refractivity contribution in [3.63, 3.8) is 0 Å². The Bertz CT molecular complexity index is 1200. The minimum Gasteiger partial charge on any atom is -0.322 e. The smallest absolute Gasteiger partial charge is 0.249 e. The second-order valence-corrected chi connectivity index (χ2v) is 7.28. The van der Waals surface area contributed by atoms with Gasteiger partial charge in [0.15, 0.2) is 0 Å². The Morgan fingerprint density at radius 1 is 1.06 bits per heavy atom. The van der Waals surface area contributed by atoms with Crippen molar-refractivity contribution < 1.29 is 18.4 Å². The van der Waals surface area contributed by atoms with Gasteiger partial charge < -0.3 is 10.2 Å². The molecular weight excluding hydrogens is 424 g/mol. The van der Waals surface area contributed by atoms with Crippen molar-refractivity contribution in [3.8, 4) is 0 Å². The first-order chi connectivity index (χ1) is 14.9. The highest BCUT2D eigenvalue weighted by Gasteiger charge is 2.27. The molecule has 4 rings (SSSR count). The molecule has 0 fully saturated rings. The van der Waals surface area contributed by atoms with Gasteiger partial charge >= 0.3 is 0 Å². The molecule has 0 spiro atoms. The number of halogens is 3. The third kappa shape index (κ3) is 4.46. The van der Waals surface area contributed by atoms with Gasteiger partial charge in [-0.05, 0) is 30.3 Å². The Morgan fingerprint density at radius 2 is 1.84 bits per heavy atom. The summed E-state index contributed by atoms with van der Waals surface area (Å²) in [5.74, 6) is -2.70. The zero-order valence-corrected chi connectivity index (χ0v) is 16.9. The topological polar surface area (TPSA) is 61.8 Å². The van der Waals surface area contributed by atoms with E-state index in [0.29, 0.717) is 28.1 Å². The maximum atomic E-state index is 13.9. The lowest BCUT2D eigenvalue weighted by molar-refractivity contribution is -0.120. The van der Waals surface area contributed by atoms with E-state index < -0.39 is 23.4 Å². The lowest BCUT2D eigenvalue weighted by Gasteiger charge is -2.23. The van der Waals surface area contributed by atoms with E-state index in [1.54, 1.807) is 18.2 Å². The molecule has 5 nitrogen and oxygen atoms in total. The van der Waals surface area contributed by atoms with E-state index in [4.69, 9.17) is 11.6 Å². The molecule has 0 atom stereocenters. The Kier molecular flexibility index (Phi) is 5.77. The zero-order chi connectivity index (χ0) is 22.0. The summed E-state index contributed by atoms with van der Waals surface area (Å²) >= 11 is 6.20. The molecule has 0 unspecified atom stereocenters. The molecule has 2 amide bonds. The number of aliphatic imine (C=N–C) groups is 1. The fourth-order valence-corrected chi connectivity index (χ4v) is 3.50. The Morgan fingerprint density at radius 3 is 2.58 bits per heavy atom. The van der Waals surface area contributed by atoms with Crippen molar-refractivity contribution in [2.75, 3.05) is 23.3 Å². The predicted molar refractivity (Wildman–Crippen MR) is 116 cm³/mol.